The third kappa shape index (κ3) is 3.35. The minimum absolute atomic E-state index is 0.132. The summed E-state index contributed by atoms with van der Waals surface area (Å²) in [5.74, 6) is 0.492. The first-order valence-corrected chi connectivity index (χ1v) is 7.94. The lowest BCUT2D eigenvalue weighted by Gasteiger charge is -2.08. The molecule has 0 spiro atoms. The van der Waals surface area contributed by atoms with Crippen molar-refractivity contribution in [2.45, 2.75) is 19.5 Å². The van der Waals surface area contributed by atoms with Gasteiger partial charge in [-0.2, -0.15) is 4.98 Å². The molecule has 0 aliphatic heterocycles. The molecule has 114 valence electrons. The van der Waals surface area contributed by atoms with Gasteiger partial charge in [0.05, 0.1) is 11.1 Å². The van der Waals surface area contributed by atoms with Gasteiger partial charge in [0.15, 0.2) is 0 Å². The average Bonchev–Trinajstić information content (AvgIpc) is 3.14. The highest BCUT2D eigenvalue weighted by molar-refractivity contribution is 7.10. The molecule has 7 heteroatoms. The van der Waals surface area contributed by atoms with E-state index in [-0.39, 0.29) is 11.9 Å². The fourth-order valence-electron chi connectivity index (χ4n) is 1.94. The van der Waals surface area contributed by atoms with E-state index in [0.29, 0.717) is 23.8 Å². The third-order valence-electron chi connectivity index (χ3n) is 3.15. The molecule has 1 aromatic carbocycles. The zero-order valence-electron chi connectivity index (χ0n) is 11.7. The third-order valence-corrected chi connectivity index (χ3v) is 4.54. The summed E-state index contributed by atoms with van der Waals surface area (Å²) >= 11 is 7.64. The zero-order chi connectivity index (χ0) is 15.5. The Kier molecular flexibility index (Phi) is 4.52. The Morgan fingerprint density at radius 1 is 1.41 bits per heavy atom. The fourth-order valence-corrected chi connectivity index (χ4v) is 2.99. The van der Waals surface area contributed by atoms with Gasteiger partial charge in [-0.3, -0.25) is 0 Å². The number of nitrogens with zero attached hydrogens (tertiary/aromatic N) is 2. The average molecular weight is 338 g/mol. The van der Waals surface area contributed by atoms with Crippen LogP contribution in [-0.2, 0) is 6.54 Å². The van der Waals surface area contributed by atoms with E-state index in [1.165, 1.54) is 12.1 Å². The Bertz CT molecular complexity index is 774. The molecule has 0 saturated heterocycles. The number of halogens is 2. The second-order valence-electron chi connectivity index (χ2n) is 4.76. The Morgan fingerprint density at radius 2 is 2.27 bits per heavy atom. The normalized spacial score (nSPS) is 12.5. The molecule has 0 aliphatic carbocycles. The molecule has 0 unspecified atom stereocenters. The van der Waals surface area contributed by atoms with E-state index in [0.717, 1.165) is 9.90 Å². The second kappa shape index (κ2) is 6.56. The van der Waals surface area contributed by atoms with Crippen molar-refractivity contribution in [3.05, 3.63) is 57.3 Å². The monoisotopic (exact) mass is 337 g/mol. The van der Waals surface area contributed by atoms with E-state index >= 15 is 0 Å². The van der Waals surface area contributed by atoms with Crippen LogP contribution < -0.4 is 5.32 Å². The molecule has 0 bridgehead atoms. The first kappa shape index (κ1) is 15.1. The summed E-state index contributed by atoms with van der Waals surface area (Å²) in [7, 11) is 0. The van der Waals surface area contributed by atoms with Crippen molar-refractivity contribution in [2.75, 3.05) is 0 Å². The molecule has 2 aromatic heterocycles. The lowest BCUT2D eigenvalue weighted by molar-refractivity contribution is 0.339. The topological polar surface area (TPSA) is 51.0 Å². The molecular formula is C15H13ClFN3OS. The molecule has 0 saturated carbocycles. The maximum Gasteiger partial charge on any atom is 0.243 e. The molecule has 0 aliphatic rings. The number of thiophene rings is 1. The molecule has 2 heterocycles. The van der Waals surface area contributed by atoms with Crippen LogP contribution in [0.1, 0.15) is 23.7 Å². The Balaban J connectivity index is 1.69. The molecule has 1 atom stereocenters. The van der Waals surface area contributed by atoms with Crippen molar-refractivity contribution in [2.24, 2.45) is 0 Å². The van der Waals surface area contributed by atoms with Gasteiger partial charge in [-0.1, -0.05) is 28.9 Å². The van der Waals surface area contributed by atoms with Gasteiger partial charge in [0, 0.05) is 17.0 Å². The van der Waals surface area contributed by atoms with Crippen LogP contribution in [0, 0.1) is 5.82 Å². The number of benzene rings is 1. The molecule has 4 nitrogen and oxygen atoms in total. The maximum atomic E-state index is 13.2. The Morgan fingerprint density at radius 3 is 3.00 bits per heavy atom. The molecular weight excluding hydrogens is 325 g/mol. The number of hydrogen-bond acceptors (Lipinski definition) is 5. The summed E-state index contributed by atoms with van der Waals surface area (Å²) in [4.78, 5) is 5.36. The van der Waals surface area contributed by atoms with Gasteiger partial charge in [0.25, 0.3) is 0 Å². The highest BCUT2D eigenvalue weighted by Crippen LogP contribution is 2.23. The number of rotatable bonds is 5. The van der Waals surface area contributed by atoms with Crippen LogP contribution in [0.5, 0.6) is 0 Å². The van der Waals surface area contributed by atoms with Crippen molar-refractivity contribution in [3.63, 3.8) is 0 Å². The lowest BCUT2D eigenvalue weighted by Crippen LogP contribution is -2.17. The Labute approximate surface area is 135 Å². The van der Waals surface area contributed by atoms with Gasteiger partial charge in [-0.25, -0.2) is 4.39 Å². The van der Waals surface area contributed by atoms with E-state index in [9.17, 15) is 4.39 Å². The van der Waals surface area contributed by atoms with Crippen molar-refractivity contribution in [3.8, 4) is 11.4 Å². The number of nitrogens with one attached hydrogen (secondary N) is 1. The van der Waals surface area contributed by atoms with Gasteiger partial charge in [0.2, 0.25) is 11.7 Å². The smallest absolute Gasteiger partial charge is 0.243 e. The van der Waals surface area contributed by atoms with Crippen molar-refractivity contribution in [1.82, 2.24) is 15.5 Å². The second-order valence-corrected chi connectivity index (χ2v) is 6.17. The molecule has 3 aromatic rings. The summed E-state index contributed by atoms with van der Waals surface area (Å²) in [6, 6.07) is 7.83. The van der Waals surface area contributed by atoms with Crippen LogP contribution in [0.3, 0.4) is 0 Å². The van der Waals surface area contributed by atoms with E-state index in [1.54, 1.807) is 23.5 Å². The number of aromatic nitrogens is 2. The SMILES string of the molecule is C[C@@H](NCc1sccc1Cl)c1nc(-c2cccc(F)c2)no1. The van der Waals surface area contributed by atoms with Crippen molar-refractivity contribution in [1.29, 1.82) is 0 Å². The van der Waals surface area contributed by atoms with Crippen LogP contribution in [0.4, 0.5) is 4.39 Å². The summed E-state index contributed by atoms with van der Waals surface area (Å²) in [6.45, 7) is 2.54. The maximum absolute atomic E-state index is 13.2. The molecule has 0 fully saturated rings. The van der Waals surface area contributed by atoms with Crippen LogP contribution in [-0.4, -0.2) is 10.1 Å². The van der Waals surface area contributed by atoms with E-state index in [4.69, 9.17) is 16.1 Å². The predicted octanol–water partition coefficient (Wildman–Crippen LogP) is 4.44. The summed E-state index contributed by atoms with van der Waals surface area (Å²) in [5, 5.41) is 9.86. The lowest BCUT2D eigenvalue weighted by atomic mass is 10.2. The molecule has 1 N–H and O–H groups in total. The minimum Gasteiger partial charge on any atom is -0.337 e. The van der Waals surface area contributed by atoms with Crippen molar-refractivity contribution >= 4 is 22.9 Å². The minimum atomic E-state index is -0.331. The predicted molar refractivity (Wildman–Crippen MR) is 84.3 cm³/mol. The van der Waals surface area contributed by atoms with Gasteiger partial charge in [-0.15, -0.1) is 11.3 Å². The first-order valence-electron chi connectivity index (χ1n) is 6.68. The van der Waals surface area contributed by atoms with Crippen LogP contribution in [0.25, 0.3) is 11.4 Å². The van der Waals surface area contributed by atoms with E-state index < -0.39 is 0 Å². The first-order chi connectivity index (χ1) is 10.6. The molecule has 22 heavy (non-hydrogen) atoms. The Hall–Kier alpha value is -1.76. The summed E-state index contributed by atoms with van der Waals surface area (Å²) < 4.78 is 18.5. The number of hydrogen-bond donors (Lipinski definition) is 1. The quantitative estimate of drug-likeness (QED) is 0.747. The molecule has 3 rings (SSSR count). The van der Waals surface area contributed by atoms with Gasteiger partial charge in [-0.05, 0) is 30.5 Å². The van der Waals surface area contributed by atoms with Crippen molar-refractivity contribution < 1.29 is 8.91 Å². The summed E-state index contributed by atoms with van der Waals surface area (Å²) in [6.07, 6.45) is 0. The molecule has 0 radical (unpaired) electrons. The largest absolute Gasteiger partial charge is 0.337 e. The zero-order valence-corrected chi connectivity index (χ0v) is 13.3. The van der Waals surface area contributed by atoms with Gasteiger partial charge < -0.3 is 9.84 Å². The van der Waals surface area contributed by atoms with Gasteiger partial charge in [0.1, 0.15) is 5.82 Å². The van der Waals surface area contributed by atoms with Crippen LogP contribution in [0.15, 0.2) is 40.2 Å². The van der Waals surface area contributed by atoms with Gasteiger partial charge >= 0.3 is 0 Å². The van der Waals surface area contributed by atoms with E-state index in [1.807, 2.05) is 18.4 Å². The summed E-state index contributed by atoms with van der Waals surface area (Å²) in [5.41, 5.74) is 0.587. The highest BCUT2D eigenvalue weighted by atomic mass is 35.5. The molecule has 0 amide bonds. The van der Waals surface area contributed by atoms with Crippen LogP contribution >= 0.6 is 22.9 Å². The standard InChI is InChI=1S/C15H13ClFN3OS/c1-9(18-8-13-12(16)5-6-22-13)15-19-14(20-21-15)10-3-2-4-11(17)7-10/h2-7,9,18H,8H2,1H3/t9-/m1/s1. The van der Waals surface area contributed by atoms with E-state index in [2.05, 4.69) is 15.5 Å². The fraction of sp³-hybridized carbons (Fsp3) is 0.200. The van der Waals surface area contributed by atoms with Crippen LogP contribution in [0.2, 0.25) is 5.02 Å². The highest BCUT2D eigenvalue weighted by Gasteiger charge is 2.15.